The fourth-order valence-electron chi connectivity index (χ4n) is 3.41. The fraction of sp³-hybridized carbons (Fsp3) is 0.111. The van der Waals surface area contributed by atoms with Gasteiger partial charge >= 0.3 is 5.97 Å². The van der Waals surface area contributed by atoms with Crippen LogP contribution in [0.5, 0.6) is 5.75 Å². The van der Waals surface area contributed by atoms with Crippen LogP contribution in [0.4, 0.5) is 28.8 Å². The van der Waals surface area contributed by atoms with Crippen molar-refractivity contribution in [3.05, 3.63) is 83.7 Å². The zero-order chi connectivity index (χ0) is 28.8. The van der Waals surface area contributed by atoms with Gasteiger partial charge in [0.1, 0.15) is 11.6 Å². The molecule has 13 heteroatoms. The third-order valence-corrected chi connectivity index (χ3v) is 5.63. The normalized spacial score (nSPS) is 12.1. The molecule has 0 aliphatic carbocycles. The molecule has 0 saturated heterocycles. The number of benzene rings is 2. The molecular formula is C27H23ClN6O6. The molecule has 0 radical (unpaired) electrons. The lowest BCUT2D eigenvalue weighted by molar-refractivity contribution is -0.138. The van der Waals surface area contributed by atoms with Gasteiger partial charge in [0, 0.05) is 25.9 Å². The van der Waals surface area contributed by atoms with E-state index in [1.165, 1.54) is 43.4 Å². The van der Waals surface area contributed by atoms with E-state index in [9.17, 15) is 19.2 Å². The lowest BCUT2D eigenvalue weighted by Crippen LogP contribution is -2.30. The van der Waals surface area contributed by atoms with Crippen LogP contribution in [0, 0.1) is 0 Å². The van der Waals surface area contributed by atoms with Gasteiger partial charge < -0.3 is 30.3 Å². The van der Waals surface area contributed by atoms with Gasteiger partial charge in [0.15, 0.2) is 11.6 Å². The highest BCUT2D eigenvalue weighted by molar-refractivity contribution is 6.43. The number of halogens is 1. The molecule has 0 spiro atoms. The van der Waals surface area contributed by atoms with Gasteiger partial charge in [0.05, 0.1) is 23.1 Å². The predicted octanol–water partition coefficient (Wildman–Crippen LogP) is 3.83. The number of anilines is 5. The van der Waals surface area contributed by atoms with E-state index in [2.05, 4.69) is 32.5 Å². The number of aromatic nitrogens is 2. The second-order valence-corrected chi connectivity index (χ2v) is 8.79. The molecule has 40 heavy (non-hydrogen) atoms. The predicted molar refractivity (Wildman–Crippen MR) is 148 cm³/mol. The van der Waals surface area contributed by atoms with Crippen molar-refractivity contribution < 1.29 is 28.7 Å². The number of carbonyl (C=O) groups is 4. The molecule has 1 aromatic heterocycles. The molecule has 4 rings (SSSR count). The first-order valence-electron chi connectivity index (χ1n) is 11.7. The van der Waals surface area contributed by atoms with Crippen LogP contribution in [0.3, 0.4) is 0 Å². The smallest absolute Gasteiger partial charge is 0.374 e. The Bertz CT molecular complexity index is 1550. The molecular weight excluding hydrogens is 540 g/mol. The monoisotopic (exact) mass is 562 g/mol. The first kappa shape index (κ1) is 27.8. The molecule has 0 unspecified atom stereocenters. The number of nitrogens with zero attached hydrogens (tertiary/aromatic N) is 3. The Morgan fingerprint density at radius 1 is 1.12 bits per heavy atom. The van der Waals surface area contributed by atoms with Crippen molar-refractivity contribution in [2.45, 2.75) is 0 Å². The number of likely N-dealkylation sites (N-methyl/N-ethyl adjacent to an activating group) is 1. The number of Topliss-reactive ketones (excluding diaryl/α,β-unsaturated/α-hetero) is 1. The van der Waals surface area contributed by atoms with Crippen molar-refractivity contribution in [2.24, 2.45) is 0 Å². The summed E-state index contributed by atoms with van der Waals surface area (Å²) in [5.41, 5.74) is 1.12. The number of amides is 2. The minimum atomic E-state index is -0.712. The van der Waals surface area contributed by atoms with Crippen molar-refractivity contribution >= 4 is 64.0 Å². The zero-order valence-electron chi connectivity index (χ0n) is 21.4. The molecule has 2 aromatic carbocycles. The maximum absolute atomic E-state index is 12.7. The van der Waals surface area contributed by atoms with Gasteiger partial charge in [0.2, 0.25) is 17.6 Å². The number of hydrogen-bond acceptors (Lipinski definition) is 10. The molecule has 2 amide bonds. The molecule has 0 bridgehead atoms. The van der Waals surface area contributed by atoms with Crippen LogP contribution in [0.2, 0.25) is 5.02 Å². The third kappa shape index (κ3) is 6.42. The molecule has 0 fully saturated rings. The van der Waals surface area contributed by atoms with Gasteiger partial charge in [0.25, 0.3) is 11.7 Å². The Hall–Kier alpha value is -5.23. The van der Waals surface area contributed by atoms with Gasteiger partial charge in [-0.1, -0.05) is 30.3 Å². The Kier molecular flexibility index (Phi) is 8.40. The maximum Gasteiger partial charge on any atom is 0.374 e. The fourth-order valence-corrected chi connectivity index (χ4v) is 3.55. The molecule has 0 atom stereocenters. The highest BCUT2D eigenvalue weighted by atomic mass is 35.5. The van der Waals surface area contributed by atoms with E-state index in [1.54, 1.807) is 30.3 Å². The SMILES string of the molecule is C=CC(=O)Nc1ccc(OC2=CCOC2=O)c(Nc2ncc(Cl)c(Nc3ccccc3C(=O)C(=O)N(C)C)n2)c1. The van der Waals surface area contributed by atoms with Crippen LogP contribution in [0.15, 0.2) is 73.2 Å². The second-order valence-electron chi connectivity index (χ2n) is 8.39. The summed E-state index contributed by atoms with van der Waals surface area (Å²) in [5.74, 6) is -2.05. The van der Waals surface area contributed by atoms with Crippen molar-refractivity contribution in [2.75, 3.05) is 36.7 Å². The van der Waals surface area contributed by atoms with Crippen molar-refractivity contribution in [3.63, 3.8) is 0 Å². The summed E-state index contributed by atoms with van der Waals surface area (Å²) in [5, 5.41) is 8.74. The number of ketones is 1. The molecule has 204 valence electrons. The van der Waals surface area contributed by atoms with Gasteiger partial charge in [-0.05, 0) is 36.4 Å². The average molecular weight is 563 g/mol. The van der Waals surface area contributed by atoms with Crippen molar-refractivity contribution in [1.82, 2.24) is 14.9 Å². The van der Waals surface area contributed by atoms with Crippen LogP contribution in [-0.2, 0) is 19.1 Å². The highest BCUT2D eigenvalue weighted by Gasteiger charge is 2.23. The van der Waals surface area contributed by atoms with Crippen molar-refractivity contribution in [1.29, 1.82) is 0 Å². The summed E-state index contributed by atoms with van der Waals surface area (Å²) in [4.78, 5) is 58.5. The number of ether oxygens (including phenoxy) is 2. The average Bonchev–Trinajstić information content (AvgIpc) is 3.35. The number of carbonyl (C=O) groups excluding carboxylic acids is 4. The van der Waals surface area contributed by atoms with E-state index in [-0.39, 0.29) is 40.5 Å². The Balaban J connectivity index is 1.65. The lowest BCUT2D eigenvalue weighted by Gasteiger charge is -2.16. The van der Waals surface area contributed by atoms with Crippen LogP contribution in [0.1, 0.15) is 10.4 Å². The van der Waals surface area contributed by atoms with Gasteiger partial charge in [-0.2, -0.15) is 4.98 Å². The van der Waals surface area contributed by atoms with Crippen LogP contribution < -0.4 is 20.7 Å². The van der Waals surface area contributed by atoms with Gasteiger partial charge in [-0.3, -0.25) is 14.4 Å². The molecule has 1 aliphatic rings. The number of esters is 1. The van der Waals surface area contributed by atoms with E-state index >= 15 is 0 Å². The molecule has 3 aromatic rings. The minimum absolute atomic E-state index is 0.00106. The van der Waals surface area contributed by atoms with Gasteiger partial charge in [-0.25, -0.2) is 9.78 Å². The molecule has 3 N–H and O–H groups in total. The number of hydrogen-bond donors (Lipinski definition) is 3. The van der Waals surface area contributed by atoms with E-state index < -0.39 is 23.6 Å². The van der Waals surface area contributed by atoms with E-state index in [4.69, 9.17) is 21.1 Å². The first-order valence-corrected chi connectivity index (χ1v) is 12.1. The summed E-state index contributed by atoms with van der Waals surface area (Å²) in [6, 6.07) is 11.1. The molecule has 0 saturated carbocycles. The lowest BCUT2D eigenvalue weighted by atomic mass is 10.1. The summed E-state index contributed by atoms with van der Waals surface area (Å²) >= 11 is 6.34. The zero-order valence-corrected chi connectivity index (χ0v) is 22.1. The molecule has 12 nitrogen and oxygen atoms in total. The number of rotatable bonds is 10. The van der Waals surface area contributed by atoms with Gasteiger partial charge in [-0.15, -0.1) is 0 Å². The van der Waals surface area contributed by atoms with Crippen LogP contribution in [-0.4, -0.2) is 59.1 Å². The number of para-hydroxylation sites is 1. The highest BCUT2D eigenvalue weighted by Crippen LogP contribution is 2.33. The summed E-state index contributed by atoms with van der Waals surface area (Å²) in [6.07, 6.45) is 3.93. The first-order chi connectivity index (χ1) is 19.2. The van der Waals surface area contributed by atoms with Crippen LogP contribution >= 0.6 is 11.6 Å². The quantitative estimate of drug-likeness (QED) is 0.144. The second kappa shape index (κ2) is 12.1. The largest absolute Gasteiger partial charge is 0.455 e. The Morgan fingerprint density at radius 3 is 2.60 bits per heavy atom. The van der Waals surface area contributed by atoms with Crippen LogP contribution in [0.25, 0.3) is 0 Å². The molecule has 1 aliphatic heterocycles. The van der Waals surface area contributed by atoms with E-state index in [0.717, 1.165) is 6.08 Å². The topological polar surface area (TPSA) is 152 Å². The van der Waals surface area contributed by atoms with Crippen molar-refractivity contribution in [3.8, 4) is 5.75 Å². The molecule has 2 heterocycles. The Labute approximate surface area is 233 Å². The Morgan fingerprint density at radius 2 is 1.90 bits per heavy atom. The standard InChI is InChI=1S/C27H23ClN6O6/c1-4-22(35)30-15-9-10-20(40-21-11-12-39-26(21)38)19(13-15)32-27-29-14-17(28)24(33-27)31-18-8-6-5-7-16(18)23(36)25(37)34(2)3/h4-11,13-14H,1,12H2,2-3H3,(H,30,35)(H2,29,31,32,33). The summed E-state index contributed by atoms with van der Waals surface area (Å²) in [6.45, 7) is 3.52. The summed E-state index contributed by atoms with van der Waals surface area (Å²) < 4.78 is 10.6. The number of nitrogens with one attached hydrogen (secondary N) is 3. The minimum Gasteiger partial charge on any atom is -0.455 e. The summed E-state index contributed by atoms with van der Waals surface area (Å²) in [7, 11) is 2.97. The van der Waals surface area contributed by atoms with E-state index in [0.29, 0.717) is 17.1 Å². The number of cyclic esters (lactones) is 1. The van der Waals surface area contributed by atoms with E-state index in [1.807, 2.05) is 0 Å². The maximum atomic E-state index is 12.7. The third-order valence-electron chi connectivity index (χ3n) is 5.35.